The summed E-state index contributed by atoms with van der Waals surface area (Å²) in [6.45, 7) is 11.1. The molecule has 0 aliphatic carbocycles. The van der Waals surface area contributed by atoms with Crippen LogP contribution in [0.5, 0.6) is 11.6 Å². The predicted octanol–water partition coefficient (Wildman–Crippen LogP) is 4.85. The highest BCUT2D eigenvalue weighted by Gasteiger charge is 2.28. The van der Waals surface area contributed by atoms with Crippen molar-refractivity contribution >= 4 is 0 Å². The lowest BCUT2D eigenvalue weighted by molar-refractivity contribution is 0.0850. The van der Waals surface area contributed by atoms with E-state index in [-0.39, 0.29) is 6.10 Å². The van der Waals surface area contributed by atoms with Crippen LogP contribution in [0.2, 0.25) is 0 Å². The summed E-state index contributed by atoms with van der Waals surface area (Å²) in [4.78, 5) is 6.84. The van der Waals surface area contributed by atoms with Gasteiger partial charge in [-0.1, -0.05) is 45.0 Å². The third-order valence-corrected chi connectivity index (χ3v) is 5.95. The molecule has 2 aliphatic heterocycles. The maximum Gasteiger partial charge on any atom is 0.257 e. The summed E-state index contributed by atoms with van der Waals surface area (Å²) in [6, 6.07) is 12.5. The summed E-state index contributed by atoms with van der Waals surface area (Å²) in [5, 5.41) is 0. The number of fused-ring (bicyclic) bond motifs is 1. The molecule has 0 N–H and O–H groups in total. The topological polar surface area (TPSA) is 34.6 Å². The number of hydrogen-bond donors (Lipinski definition) is 0. The van der Waals surface area contributed by atoms with Gasteiger partial charge in [0, 0.05) is 12.7 Å². The number of nitrogens with zero attached hydrogens (tertiary/aromatic N) is 2. The highest BCUT2D eigenvalue weighted by atomic mass is 16.6. The first kappa shape index (κ1) is 18.3. The number of likely N-dealkylation sites (tertiary alicyclic amines) is 1. The number of benzene rings is 1. The summed E-state index contributed by atoms with van der Waals surface area (Å²) >= 11 is 0. The lowest BCUT2D eigenvalue weighted by atomic mass is 9.75. The van der Waals surface area contributed by atoms with E-state index in [1.54, 1.807) is 6.20 Å². The average Bonchev–Trinajstić information content (AvgIpc) is 2.68. The highest BCUT2D eigenvalue weighted by molar-refractivity contribution is 5.35. The Balaban J connectivity index is 1.34. The number of rotatable bonds is 3. The molecule has 1 aromatic carbocycles. The molecular weight excluding hydrogens is 336 g/mol. The zero-order valence-electron chi connectivity index (χ0n) is 16.6. The maximum atomic E-state index is 6.00. The van der Waals surface area contributed by atoms with E-state index in [1.807, 2.05) is 12.1 Å². The molecule has 144 valence electrons. The second-order valence-electron chi connectivity index (χ2n) is 8.88. The van der Waals surface area contributed by atoms with Gasteiger partial charge in [-0.3, -0.25) is 4.90 Å². The molecule has 4 nitrogen and oxygen atoms in total. The van der Waals surface area contributed by atoms with Crippen molar-refractivity contribution in [2.45, 2.75) is 46.3 Å². The molecule has 0 bridgehead atoms. The van der Waals surface area contributed by atoms with Crippen LogP contribution in [0.25, 0.3) is 0 Å². The molecular formula is C23H30N2O2. The van der Waals surface area contributed by atoms with Crippen molar-refractivity contribution in [3.63, 3.8) is 0 Å². The van der Waals surface area contributed by atoms with Gasteiger partial charge < -0.3 is 9.47 Å². The number of pyridine rings is 1. The van der Waals surface area contributed by atoms with Crippen LogP contribution in [0.1, 0.15) is 50.8 Å². The predicted molar refractivity (Wildman–Crippen MR) is 107 cm³/mol. The quantitative estimate of drug-likeness (QED) is 0.777. The smallest absolute Gasteiger partial charge is 0.257 e. The molecule has 0 unspecified atom stereocenters. The van der Waals surface area contributed by atoms with Crippen molar-refractivity contribution < 1.29 is 9.47 Å². The molecule has 27 heavy (non-hydrogen) atoms. The Morgan fingerprint density at radius 1 is 1.07 bits per heavy atom. The van der Waals surface area contributed by atoms with Gasteiger partial charge in [-0.2, -0.15) is 0 Å². The van der Waals surface area contributed by atoms with Crippen LogP contribution in [0, 0.1) is 11.3 Å². The van der Waals surface area contributed by atoms with Crippen molar-refractivity contribution in [2.24, 2.45) is 11.3 Å². The summed E-state index contributed by atoms with van der Waals surface area (Å²) in [7, 11) is 0. The van der Waals surface area contributed by atoms with Crippen molar-refractivity contribution in [3.05, 3.63) is 53.7 Å². The van der Waals surface area contributed by atoms with E-state index in [0.29, 0.717) is 17.9 Å². The zero-order chi connectivity index (χ0) is 18.9. The van der Waals surface area contributed by atoms with Crippen molar-refractivity contribution in [3.8, 4) is 11.6 Å². The van der Waals surface area contributed by atoms with Gasteiger partial charge in [-0.05, 0) is 60.5 Å². The van der Waals surface area contributed by atoms with Crippen LogP contribution in [0.15, 0.2) is 42.6 Å². The molecule has 1 saturated heterocycles. The van der Waals surface area contributed by atoms with Gasteiger partial charge in [0.2, 0.25) is 0 Å². The Morgan fingerprint density at radius 3 is 2.52 bits per heavy atom. The first-order valence-electron chi connectivity index (χ1n) is 10.0. The van der Waals surface area contributed by atoms with Gasteiger partial charge in [-0.25, -0.2) is 4.98 Å². The molecule has 4 rings (SSSR count). The standard InChI is InChI=1S/C23H30N2O2/c1-23(2,3)19-10-13-25(14-11-19)15-17-6-8-18(9-7-17)21-16-26-20-5-4-12-24-22(20)27-21/h4-9,12,19,21H,10-11,13-16H2,1-3H3/t21-/m1/s1. The fourth-order valence-corrected chi connectivity index (χ4v) is 4.13. The lowest BCUT2D eigenvalue weighted by Gasteiger charge is -2.38. The minimum absolute atomic E-state index is 0.0935. The first-order valence-corrected chi connectivity index (χ1v) is 10.0. The normalized spacial score (nSPS) is 21.2. The van der Waals surface area contributed by atoms with Crippen LogP contribution in [-0.2, 0) is 6.54 Å². The monoisotopic (exact) mass is 366 g/mol. The van der Waals surface area contributed by atoms with E-state index < -0.39 is 0 Å². The number of hydrogen-bond acceptors (Lipinski definition) is 4. The summed E-state index contributed by atoms with van der Waals surface area (Å²) < 4.78 is 11.8. The molecule has 2 aliphatic rings. The molecule has 3 heterocycles. The van der Waals surface area contributed by atoms with E-state index in [4.69, 9.17) is 9.47 Å². The summed E-state index contributed by atoms with van der Waals surface area (Å²) in [5.74, 6) is 2.15. The third-order valence-electron chi connectivity index (χ3n) is 5.95. The van der Waals surface area contributed by atoms with Crippen LogP contribution in [-0.4, -0.2) is 29.6 Å². The fourth-order valence-electron chi connectivity index (χ4n) is 4.13. The minimum atomic E-state index is -0.0935. The molecule has 2 aromatic rings. The Bertz CT molecular complexity index is 759. The van der Waals surface area contributed by atoms with Crippen molar-refractivity contribution in [2.75, 3.05) is 19.7 Å². The number of aromatic nitrogens is 1. The molecule has 0 amide bonds. The second kappa shape index (κ2) is 7.51. The largest absolute Gasteiger partial charge is 0.484 e. The van der Waals surface area contributed by atoms with E-state index in [9.17, 15) is 0 Å². The second-order valence-corrected chi connectivity index (χ2v) is 8.88. The number of ether oxygens (including phenoxy) is 2. The lowest BCUT2D eigenvalue weighted by Crippen LogP contribution is -2.37. The van der Waals surface area contributed by atoms with Gasteiger partial charge in [0.05, 0.1) is 0 Å². The van der Waals surface area contributed by atoms with Crippen molar-refractivity contribution in [1.29, 1.82) is 0 Å². The summed E-state index contributed by atoms with van der Waals surface area (Å²) in [5.41, 5.74) is 2.94. The van der Waals surface area contributed by atoms with Crippen LogP contribution >= 0.6 is 0 Å². The van der Waals surface area contributed by atoms with E-state index >= 15 is 0 Å². The van der Waals surface area contributed by atoms with E-state index in [0.717, 1.165) is 23.8 Å². The molecule has 0 saturated carbocycles. The van der Waals surface area contributed by atoms with Crippen LogP contribution in [0.3, 0.4) is 0 Å². The zero-order valence-corrected chi connectivity index (χ0v) is 16.6. The third kappa shape index (κ3) is 4.27. The Kier molecular flexibility index (Phi) is 5.09. The maximum absolute atomic E-state index is 6.00. The molecule has 4 heteroatoms. The van der Waals surface area contributed by atoms with Gasteiger partial charge in [0.1, 0.15) is 6.61 Å². The molecule has 1 atom stereocenters. The van der Waals surface area contributed by atoms with Gasteiger partial charge in [0.15, 0.2) is 11.9 Å². The Morgan fingerprint density at radius 2 is 1.81 bits per heavy atom. The van der Waals surface area contributed by atoms with Crippen LogP contribution in [0.4, 0.5) is 0 Å². The van der Waals surface area contributed by atoms with Crippen LogP contribution < -0.4 is 9.47 Å². The van der Waals surface area contributed by atoms with Gasteiger partial charge >= 0.3 is 0 Å². The molecule has 0 spiro atoms. The van der Waals surface area contributed by atoms with E-state index in [2.05, 4.69) is 54.9 Å². The van der Waals surface area contributed by atoms with Gasteiger partial charge in [0.25, 0.3) is 5.88 Å². The molecule has 1 aromatic heterocycles. The van der Waals surface area contributed by atoms with Crippen molar-refractivity contribution in [1.82, 2.24) is 9.88 Å². The molecule has 0 radical (unpaired) electrons. The SMILES string of the molecule is CC(C)(C)C1CCN(Cc2ccc([C@H]3COc4cccnc4O3)cc2)CC1. The van der Waals surface area contributed by atoms with Gasteiger partial charge in [-0.15, -0.1) is 0 Å². The number of piperidine rings is 1. The Hall–Kier alpha value is -2.07. The minimum Gasteiger partial charge on any atom is -0.484 e. The fraction of sp³-hybridized carbons (Fsp3) is 0.522. The first-order chi connectivity index (χ1) is 13.0. The molecule has 1 fully saturated rings. The Labute approximate surface area is 162 Å². The summed E-state index contributed by atoms with van der Waals surface area (Å²) in [6.07, 6.45) is 4.25. The highest BCUT2D eigenvalue weighted by Crippen LogP contribution is 2.35. The average molecular weight is 367 g/mol. The van der Waals surface area contributed by atoms with E-state index in [1.165, 1.54) is 31.5 Å².